The molecular formula is C14H17N3O2. The zero-order valence-electron chi connectivity index (χ0n) is 10.9. The highest BCUT2D eigenvalue weighted by molar-refractivity contribution is 5.37. The van der Waals surface area contributed by atoms with Gasteiger partial charge in [-0.2, -0.15) is 4.98 Å². The zero-order chi connectivity index (χ0) is 13.2. The van der Waals surface area contributed by atoms with Crippen LogP contribution in [0.5, 0.6) is 5.75 Å². The summed E-state index contributed by atoms with van der Waals surface area (Å²) in [7, 11) is 0. The van der Waals surface area contributed by atoms with Crippen molar-refractivity contribution in [2.45, 2.75) is 25.9 Å². The first-order valence-corrected chi connectivity index (χ1v) is 6.53. The Morgan fingerprint density at radius 2 is 2.26 bits per heavy atom. The minimum atomic E-state index is -0.136. The highest BCUT2D eigenvalue weighted by Crippen LogP contribution is 2.35. The Bertz CT molecular complexity index is 542. The number of fused-ring (bicyclic) bond motifs is 1. The predicted molar refractivity (Wildman–Crippen MR) is 69.7 cm³/mol. The highest BCUT2D eigenvalue weighted by Gasteiger charge is 2.28. The Labute approximate surface area is 111 Å². The van der Waals surface area contributed by atoms with E-state index in [9.17, 15) is 0 Å². The maximum atomic E-state index is 5.83. The molecule has 1 aliphatic rings. The number of aromatic nitrogens is 2. The zero-order valence-corrected chi connectivity index (χ0v) is 10.9. The largest absolute Gasteiger partial charge is 0.482 e. The molecule has 2 N–H and O–H groups in total. The van der Waals surface area contributed by atoms with Gasteiger partial charge in [0.25, 0.3) is 0 Å². The van der Waals surface area contributed by atoms with Gasteiger partial charge in [0.2, 0.25) is 11.7 Å². The van der Waals surface area contributed by atoms with Crippen LogP contribution in [0.25, 0.3) is 0 Å². The van der Waals surface area contributed by atoms with Crippen molar-refractivity contribution in [2.75, 3.05) is 6.54 Å². The fourth-order valence-electron chi connectivity index (χ4n) is 2.19. The van der Waals surface area contributed by atoms with Crippen molar-refractivity contribution in [3.63, 3.8) is 0 Å². The van der Waals surface area contributed by atoms with E-state index in [0.717, 1.165) is 12.2 Å². The molecule has 5 nitrogen and oxygen atoms in total. The molecular weight excluding hydrogens is 242 g/mol. The number of rotatable bonds is 4. The third-order valence-corrected chi connectivity index (χ3v) is 3.34. The maximum Gasteiger partial charge on any atom is 0.227 e. The first kappa shape index (κ1) is 12.2. The average Bonchev–Trinajstić information content (AvgIpc) is 3.04. The summed E-state index contributed by atoms with van der Waals surface area (Å²) in [6, 6.07) is 8.00. The maximum absolute atomic E-state index is 5.83. The molecule has 0 fully saturated rings. The molecule has 2 aromatic rings. The van der Waals surface area contributed by atoms with E-state index in [1.54, 1.807) is 0 Å². The van der Waals surface area contributed by atoms with E-state index in [-0.39, 0.29) is 6.10 Å². The highest BCUT2D eigenvalue weighted by atomic mass is 16.5. The lowest BCUT2D eigenvalue weighted by atomic mass is 10.1. The second-order valence-corrected chi connectivity index (χ2v) is 5.01. The summed E-state index contributed by atoms with van der Waals surface area (Å²) in [4.78, 5) is 4.40. The van der Waals surface area contributed by atoms with Crippen LogP contribution in [0.3, 0.4) is 0 Å². The van der Waals surface area contributed by atoms with Crippen LogP contribution in [0.4, 0.5) is 0 Å². The van der Waals surface area contributed by atoms with Crippen molar-refractivity contribution >= 4 is 0 Å². The van der Waals surface area contributed by atoms with Crippen molar-refractivity contribution in [3.8, 4) is 5.75 Å². The quantitative estimate of drug-likeness (QED) is 0.907. The number of ether oxygens (including phenoxy) is 1. The molecule has 0 amide bonds. The van der Waals surface area contributed by atoms with Gasteiger partial charge in [-0.15, -0.1) is 0 Å². The molecule has 5 heteroatoms. The molecule has 2 unspecified atom stereocenters. The first-order valence-electron chi connectivity index (χ1n) is 6.53. The Balaban J connectivity index is 1.72. The van der Waals surface area contributed by atoms with Crippen LogP contribution >= 0.6 is 0 Å². The summed E-state index contributed by atoms with van der Waals surface area (Å²) in [6.07, 6.45) is 1.37. The Morgan fingerprint density at radius 1 is 1.42 bits per heavy atom. The van der Waals surface area contributed by atoms with E-state index >= 15 is 0 Å². The molecule has 0 saturated carbocycles. The van der Waals surface area contributed by atoms with Crippen LogP contribution in [-0.4, -0.2) is 16.7 Å². The van der Waals surface area contributed by atoms with Gasteiger partial charge in [-0.05, 0) is 24.1 Å². The monoisotopic (exact) mass is 259 g/mol. The molecule has 0 radical (unpaired) electrons. The smallest absolute Gasteiger partial charge is 0.227 e. The standard InChI is InChI=1S/C14H17N3O2/c1-9(8-15)6-13-16-14(17-19-13)12-7-10-4-2-3-5-11(10)18-12/h2-5,9,12H,6-8,15H2,1H3. The summed E-state index contributed by atoms with van der Waals surface area (Å²) in [5.74, 6) is 2.51. The molecule has 0 aliphatic carbocycles. The molecule has 3 rings (SSSR count). The molecule has 1 aliphatic heterocycles. The molecule has 19 heavy (non-hydrogen) atoms. The molecule has 2 heterocycles. The normalized spacial score (nSPS) is 18.9. The summed E-state index contributed by atoms with van der Waals surface area (Å²) >= 11 is 0. The molecule has 0 bridgehead atoms. The number of para-hydroxylation sites is 1. The SMILES string of the molecule is CC(CN)Cc1nc(C2Cc3ccccc3O2)no1. The van der Waals surface area contributed by atoms with Gasteiger partial charge >= 0.3 is 0 Å². The molecule has 0 saturated heterocycles. The second kappa shape index (κ2) is 5.01. The summed E-state index contributed by atoms with van der Waals surface area (Å²) < 4.78 is 11.1. The van der Waals surface area contributed by atoms with E-state index in [4.69, 9.17) is 15.0 Å². The molecule has 100 valence electrons. The Kier molecular flexibility index (Phi) is 3.21. The first-order chi connectivity index (χ1) is 9.26. The van der Waals surface area contributed by atoms with Crippen molar-refractivity contribution in [2.24, 2.45) is 11.7 Å². The van der Waals surface area contributed by atoms with Gasteiger partial charge in [0.05, 0.1) is 0 Å². The fraction of sp³-hybridized carbons (Fsp3) is 0.429. The van der Waals surface area contributed by atoms with Gasteiger partial charge in [0, 0.05) is 12.8 Å². The second-order valence-electron chi connectivity index (χ2n) is 5.01. The lowest BCUT2D eigenvalue weighted by Crippen LogP contribution is -2.13. The minimum Gasteiger partial charge on any atom is -0.482 e. The summed E-state index contributed by atoms with van der Waals surface area (Å²) in [5, 5.41) is 4.02. The van der Waals surface area contributed by atoms with Crippen LogP contribution in [0.1, 0.15) is 30.3 Å². The topological polar surface area (TPSA) is 74.2 Å². The molecule has 0 spiro atoms. The van der Waals surface area contributed by atoms with Crippen LogP contribution < -0.4 is 10.5 Å². The van der Waals surface area contributed by atoms with Crippen LogP contribution in [0.2, 0.25) is 0 Å². The van der Waals surface area contributed by atoms with E-state index in [2.05, 4.69) is 23.1 Å². The van der Waals surface area contributed by atoms with Crippen LogP contribution in [0.15, 0.2) is 28.8 Å². The van der Waals surface area contributed by atoms with Gasteiger partial charge < -0.3 is 15.0 Å². The summed E-state index contributed by atoms with van der Waals surface area (Å²) in [6.45, 7) is 2.68. The summed E-state index contributed by atoms with van der Waals surface area (Å²) in [5.41, 5.74) is 6.78. The average molecular weight is 259 g/mol. The van der Waals surface area contributed by atoms with Gasteiger partial charge in [-0.3, -0.25) is 0 Å². The fourth-order valence-corrected chi connectivity index (χ4v) is 2.19. The van der Waals surface area contributed by atoms with Gasteiger partial charge in [-0.25, -0.2) is 0 Å². The van der Waals surface area contributed by atoms with Crippen molar-refractivity contribution in [1.82, 2.24) is 10.1 Å². The molecule has 1 aromatic heterocycles. The molecule has 2 atom stereocenters. The lowest BCUT2D eigenvalue weighted by molar-refractivity contribution is 0.221. The number of hydrogen-bond donors (Lipinski definition) is 1. The lowest BCUT2D eigenvalue weighted by Gasteiger charge is -2.04. The van der Waals surface area contributed by atoms with Crippen molar-refractivity contribution in [1.29, 1.82) is 0 Å². The van der Waals surface area contributed by atoms with Crippen molar-refractivity contribution in [3.05, 3.63) is 41.5 Å². The number of benzene rings is 1. The van der Waals surface area contributed by atoms with Crippen LogP contribution in [-0.2, 0) is 12.8 Å². The van der Waals surface area contributed by atoms with E-state index in [1.807, 2.05) is 18.2 Å². The Hall–Kier alpha value is -1.88. The van der Waals surface area contributed by atoms with Crippen LogP contribution in [0, 0.1) is 5.92 Å². The van der Waals surface area contributed by atoms with E-state index in [1.165, 1.54) is 5.56 Å². The third-order valence-electron chi connectivity index (χ3n) is 3.34. The van der Waals surface area contributed by atoms with Gasteiger partial charge in [0.1, 0.15) is 5.75 Å². The van der Waals surface area contributed by atoms with E-state index < -0.39 is 0 Å². The van der Waals surface area contributed by atoms with E-state index in [0.29, 0.717) is 30.6 Å². The van der Waals surface area contributed by atoms with Gasteiger partial charge in [-0.1, -0.05) is 30.3 Å². The Morgan fingerprint density at radius 3 is 3.05 bits per heavy atom. The minimum absolute atomic E-state index is 0.136. The third kappa shape index (κ3) is 2.46. The molecule has 1 aromatic carbocycles. The number of nitrogens with zero attached hydrogens (tertiary/aromatic N) is 2. The van der Waals surface area contributed by atoms with Gasteiger partial charge in [0.15, 0.2) is 6.10 Å². The predicted octanol–water partition coefficient (Wildman–Crippen LogP) is 1.88. The number of hydrogen-bond acceptors (Lipinski definition) is 5. The van der Waals surface area contributed by atoms with Crippen molar-refractivity contribution < 1.29 is 9.26 Å². The number of nitrogens with two attached hydrogens (primary N) is 1.